The van der Waals surface area contributed by atoms with Gasteiger partial charge in [-0.1, -0.05) is 6.58 Å². The Morgan fingerprint density at radius 1 is 1.33 bits per heavy atom. The summed E-state index contributed by atoms with van der Waals surface area (Å²) < 4.78 is 10.3. The van der Waals surface area contributed by atoms with Gasteiger partial charge in [-0.25, -0.2) is 4.79 Å². The monoisotopic (exact) mass is 234 g/mol. The standard InChI is InChI=1S/C7H13B3O3Si2/c1-6(2)7(11)12-5-14(3,4)13-15(8,9)10/h1,5H2,2-4H3. The molecular formula is C7H13B3O3Si2. The van der Waals surface area contributed by atoms with E-state index in [0.717, 1.165) is 0 Å². The highest BCUT2D eigenvalue weighted by molar-refractivity contribution is 7.58. The van der Waals surface area contributed by atoms with Gasteiger partial charge in [0.1, 0.15) is 6.23 Å². The molecular weight excluding hydrogens is 221 g/mol. The lowest BCUT2D eigenvalue weighted by atomic mass is 10.4. The van der Waals surface area contributed by atoms with Crippen LogP contribution in [0.25, 0.3) is 0 Å². The van der Waals surface area contributed by atoms with Crippen LogP contribution in [0.3, 0.4) is 0 Å². The smallest absolute Gasteiger partial charge is 0.332 e. The third-order valence-electron chi connectivity index (χ3n) is 1.35. The molecule has 0 amide bonds. The summed E-state index contributed by atoms with van der Waals surface area (Å²) in [7, 11) is 11.0. The van der Waals surface area contributed by atoms with E-state index in [4.69, 9.17) is 31.2 Å². The first-order valence-corrected chi connectivity index (χ1v) is 9.68. The average molecular weight is 234 g/mol. The summed E-state index contributed by atoms with van der Waals surface area (Å²) in [6.45, 7) is 8.69. The molecule has 0 atom stereocenters. The van der Waals surface area contributed by atoms with Gasteiger partial charge in [-0.3, -0.25) is 0 Å². The van der Waals surface area contributed by atoms with Crippen LogP contribution < -0.4 is 0 Å². The number of ether oxygens (including phenoxy) is 1. The van der Waals surface area contributed by atoms with E-state index >= 15 is 0 Å². The van der Waals surface area contributed by atoms with Gasteiger partial charge in [0.15, 0.2) is 0 Å². The largest absolute Gasteiger partial charge is 0.476 e. The zero-order valence-corrected chi connectivity index (χ0v) is 11.4. The maximum Gasteiger partial charge on any atom is 0.332 e. The van der Waals surface area contributed by atoms with Crippen LogP contribution in [0.4, 0.5) is 0 Å². The molecule has 0 N–H and O–H groups in total. The lowest BCUT2D eigenvalue weighted by molar-refractivity contribution is -0.137. The number of hydrogen-bond donors (Lipinski definition) is 0. The second-order valence-electron chi connectivity index (χ2n) is 4.07. The molecule has 0 aliphatic heterocycles. The van der Waals surface area contributed by atoms with Gasteiger partial charge in [0, 0.05) is 13.5 Å². The summed E-state index contributed by atoms with van der Waals surface area (Å²) in [4.78, 5) is 11.1. The van der Waals surface area contributed by atoms with Crippen molar-refractivity contribution in [1.82, 2.24) is 0 Å². The van der Waals surface area contributed by atoms with Crippen LogP contribution >= 0.6 is 0 Å². The summed E-state index contributed by atoms with van der Waals surface area (Å²) in [5.74, 6) is -0.447. The van der Waals surface area contributed by atoms with E-state index in [0.29, 0.717) is 5.57 Å². The Morgan fingerprint density at radius 3 is 2.13 bits per heavy atom. The first kappa shape index (κ1) is 14.8. The first-order valence-electron chi connectivity index (χ1n) is 4.43. The SMILES string of the molecule is [B][Si]([B])([B])O[Si](C)(C)COC(=O)C(=C)C. The number of hydrogen-bond acceptors (Lipinski definition) is 3. The molecule has 0 rings (SSSR count). The van der Waals surface area contributed by atoms with Crippen LogP contribution in [-0.4, -0.2) is 50.8 Å². The van der Waals surface area contributed by atoms with Crippen LogP contribution in [0, 0.1) is 0 Å². The van der Waals surface area contributed by atoms with Crippen LogP contribution in [-0.2, 0) is 13.6 Å². The number of esters is 1. The van der Waals surface area contributed by atoms with Crippen molar-refractivity contribution in [2.45, 2.75) is 20.0 Å². The van der Waals surface area contributed by atoms with Crippen LogP contribution in [0.15, 0.2) is 12.2 Å². The summed E-state index contributed by atoms with van der Waals surface area (Å²) in [5.41, 5.74) is 0.344. The first-order chi connectivity index (χ1) is 6.53. The molecule has 76 valence electrons. The van der Waals surface area contributed by atoms with Gasteiger partial charge < -0.3 is 8.85 Å². The van der Waals surface area contributed by atoms with Gasteiger partial charge in [0.05, 0.1) is 22.3 Å². The Kier molecular flexibility index (Phi) is 5.15. The van der Waals surface area contributed by atoms with Crippen LogP contribution in [0.1, 0.15) is 6.92 Å². The molecule has 0 aliphatic rings. The van der Waals surface area contributed by atoms with Gasteiger partial charge in [0.25, 0.3) is 0 Å². The number of carbonyl (C=O) groups is 1. The second kappa shape index (κ2) is 5.23. The van der Waals surface area contributed by atoms with Crippen molar-refractivity contribution in [3.63, 3.8) is 0 Å². The maximum atomic E-state index is 11.1. The van der Waals surface area contributed by atoms with E-state index in [-0.39, 0.29) is 6.23 Å². The van der Waals surface area contributed by atoms with E-state index in [2.05, 4.69) is 6.58 Å². The van der Waals surface area contributed by atoms with Crippen molar-refractivity contribution in [3.05, 3.63) is 12.2 Å². The highest BCUT2D eigenvalue weighted by Crippen LogP contribution is 2.09. The summed E-state index contributed by atoms with van der Waals surface area (Å²) >= 11 is 0. The third kappa shape index (κ3) is 7.70. The van der Waals surface area contributed by atoms with Crippen molar-refractivity contribution in [2.24, 2.45) is 0 Å². The van der Waals surface area contributed by atoms with E-state index in [1.54, 1.807) is 6.92 Å². The predicted molar refractivity (Wildman–Crippen MR) is 67.4 cm³/mol. The van der Waals surface area contributed by atoms with E-state index in [1.165, 1.54) is 0 Å². The van der Waals surface area contributed by atoms with E-state index in [9.17, 15) is 4.79 Å². The van der Waals surface area contributed by atoms with Gasteiger partial charge >= 0.3 is 5.97 Å². The zero-order valence-electron chi connectivity index (χ0n) is 9.37. The average Bonchev–Trinajstić information content (AvgIpc) is 1.95. The van der Waals surface area contributed by atoms with Crippen LogP contribution in [0.5, 0.6) is 0 Å². The van der Waals surface area contributed by atoms with Crippen molar-refractivity contribution in [1.29, 1.82) is 0 Å². The molecule has 0 spiro atoms. The highest BCUT2D eigenvalue weighted by Gasteiger charge is 2.29. The molecule has 0 heterocycles. The summed E-state index contributed by atoms with van der Waals surface area (Å²) in [6, 6.07) is 0. The molecule has 0 aromatic heterocycles. The molecule has 15 heavy (non-hydrogen) atoms. The Labute approximate surface area is 96.9 Å². The molecule has 0 fully saturated rings. The Hall–Kier alpha value is -0.201. The highest BCUT2D eigenvalue weighted by atomic mass is 28.4. The Morgan fingerprint density at radius 2 is 1.80 bits per heavy atom. The fraction of sp³-hybridized carbons (Fsp3) is 0.571. The lowest BCUT2D eigenvalue weighted by Crippen LogP contribution is -2.53. The molecule has 0 saturated heterocycles. The minimum absolute atomic E-state index is 0.166. The maximum absolute atomic E-state index is 11.1. The quantitative estimate of drug-likeness (QED) is 0.375. The molecule has 0 saturated carbocycles. The zero-order chi connectivity index (χ0) is 12.3. The topological polar surface area (TPSA) is 35.5 Å². The normalized spacial score (nSPS) is 12.2. The van der Waals surface area contributed by atoms with Crippen molar-refractivity contribution >= 4 is 44.5 Å². The lowest BCUT2D eigenvalue weighted by Gasteiger charge is -2.32. The molecule has 8 heteroatoms. The summed E-state index contributed by atoms with van der Waals surface area (Å²) in [6.07, 6.45) is 0.166. The van der Waals surface area contributed by atoms with Gasteiger partial charge in [0.2, 0.25) is 8.32 Å². The molecule has 0 bridgehead atoms. The number of rotatable bonds is 5. The fourth-order valence-electron chi connectivity index (χ4n) is 0.871. The van der Waals surface area contributed by atoms with Gasteiger partial charge in [-0.2, -0.15) is 0 Å². The molecule has 0 unspecified atom stereocenters. The Balaban J connectivity index is 4.16. The molecule has 0 aromatic rings. The van der Waals surface area contributed by atoms with Crippen molar-refractivity contribution in [2.75, 3.05) is 6.23 Å². The van der Waals surface area contributed by atoms with Crippen LogP contribution in [0.2, 0.25) is 13.1 Å². The number of carbonyl (C=O) groups excluding carboxylic acids is 1. The van der Waals surface area contributed by atoms with E-state index < -0.39 is 22.2 Å². The van der Waals surface area contributed by atoms with Crippen molar-refractivity contribution in [3.8, 4) is 0 Å². The fourth-order valence-corrected chi connectivity index (χ4v) is 5.41. The summed E-state index contributed by atoms with van der Waals surface area (Å²) in [5, 5.41) is 0. The van der Waals surface area contributed by atoms with E-state index in [1.807, 2.05) is 13.1 Å². The molecule has 0 aromatic carbocycles. The second-order valence-corrected chi connectivity index (χ2v) is 10.4. The third-order valence-corrected chi connectivity index (χ3v) is 5.82. The molecule has 3 nitrogen and oxygen atoms in total. The Bertz CT molecular complexity index is 263. The predicted octanol–water partition coefficient (Wildman–Crippen LogP) is -0.192. The van der Waals surface area contributed by atoms with Gasteiger partial charge in [-0.05, 0) is 20.0 Å². The molecule has 0 aliphatic carbocycles. The van der Waals surface area contributed by atoms with Crippen molar-refractivity contribution < 1.29 is 13.6 Å². The molecule has 6 radical (unpaired) electrons. The minimum atomic E-state index is -3.04. The van der Waals surface area contributed by atoms with Gasteiger partial charge in [-0.15, -0.1) is 0 Å². The minimum Gasteiger partial charge on any atom is -0.476 e.